The van der Waals surface area contributed by atoms with Gasteiger partial charge in [-0.3, -0.25) is 0 Å². The average molecular weight is 324 g/mol. The number of carboxylic acid groups (broad SMARTS) is 1. The van der Waals surface area contributed by atoms with Crippen molar-refractivity contribution in [2.45, 2.75) is 13.1 Å². The molecule has 0 fully saturated rings. The average Bonchev–Trinajstić information content (AvgIpc) is 2.49. The maximum Gasteiger partial charge on any atom is 0.433 e. The zero-order valence-corrected chi connectivity index (χ0v) is 11.8. The van der Waals surface area contributed by atoms with Gasteiger partial charge in [-0.25, -0.2) is 9.78 Å². The van der Waals surface area contributed by atoms with Gasteiger partial charge < -0.3 is 9.84 Å². The SMILES string of the molecule is CC=C(C(=O)O)c1ccccc1Oc1nccc(C(F)(F)F)n1. The Kier molecular flexibility index (Phi) is 4.63. The third-order valence-corrected chi connectivity index (χ3v) is 2.82. The molecule has 0 saturated carbocycles. The number of ether oxygens (including phenoxy) is 1. The number of nitrogens with zero attached hydrogens (tertiary/aromatic N) is 2. The lowest BCUT2D eigenvalue weighted by molar-refractivity contribution is -0.141. The molecule has 1 N–H and O–H groups in total. The van der Waals surface area contributed by atoms with Gasteiger partial charge in [-0.15, -0.1) is 0 Å². The molecule has 0 amide bonds. The van der Waals surface area contributed by atoms with Gasteiger partial charge in [0.05, 0.1) is 5.57 Å². The van der Waals surface area contributed by atoms with Crippen molar-refractivity contribution in [2.75, 3.05) is 0 Å². The largest absolute Gasteiger partial charge is 0.478 e. The first-order chi connectivity index (χ1) is 10.8. The van der Waals surface area contributed by atoms with Crippen molar-refractivity contribution in [3.05, 3.63) is 53.9 Å². The van der Waals surface area contributed by atoms with E-state index in [1.807, 2.05) is 0 Å². The molecule has 0 atom stereocenters. The first kappa shape index (κ1) is 16.5. The number of allylic oxidation sites excluding steroid dienone is 1. The smallest absolute Gasteiger partial charge is 0.433 e. The fraction of sp³-hybridized carbons (Fsp3) is 0.133. The summed E-state index contributed by atoms with van der Waals surface area (Å²) in [5, 5.41) is 9.16. The Bertz CT molecular complexity index is 758. The lowest BCUT2D eigenvalue weighted by atomic mass is 10.1. The molecule has 0 aliphatic heterocycles. The number of hydrogen-bond donors (Lipinski definition) is 1. The lowest BCUT2D eigenvalue weighted by Crippen LogP contribution is -2.09. The van der Waals surface area contributed by atoms with Crippen molar-refractivity contribution in [2.24, 2.45) is 0 Å². The summed E-state index contributed by atoms with van der Waals surface area (Å²) in [6, 6.07) is 6.24. The van der Waals surface area contributed by atoms with Crippen LogP contribution in [0.4, 0.5) is 13.2 Å². The molecule has 2 aromatic rings. The van der Waals surface area contributed by atoms with Crippen LogP contribution in [0.5, 0.6) is 11.8 Å². The minimum atomic E-state index is -4.63. The van der Waals surface area contributed by atoms with Gasteiger partial charge in [0.1, 0.15) is 5.75 Å². The monoisotopic (exact) mass is 324 g/mol. The highest BCUT2D eigenvalue weighted by Gasteiger charge is 2.33. The summed E-state index contributed by atoms with van der Waals surface area (Å²) >= 11 is 0. The molecular formula is C15H11F3N2O3. The number of halogens is 3. The van der Waals surface area contributed by atoms with E-state index in [1.54, 1.807) is 12.1 Å². The molecule has 0 aliphatic rings. The van der Waals surface area contributed by atoms with Crippen LogP contribution in [0.1, 0.15) is 18.2 Å². The van der Waals surface area contributed by atoms with Crippen molar-refractivity contribution in [1.82, 2.24) is 9.97 Å². The summed E-state index contributed by atoms with van der Waals surface area (Å²) < 4.78 is 43.2. The molecule has 1 aromatic carbocycles. The summed E-state index contributed by atoms with van der Waals surface area (Å²) in [5.41, 5.74) is -0.986. The molecule has 23 heavy (non-hydrogen) atoms. The second kappa shape index (κ2) is 6.47. The predicted molar refractivity (Wildman–Crippen MR) is 74.8 cm³/mol. The Morgan fingerprint density at radius 1 is 1.26 bits per heavy atom. The van der Waals surface area contributed by atoms with Crippen LogP contribution in [0.2, 0.25) is 0 Å². The van der Waals surface area contributed by atoms with E-state index in [0.717, 1.165) is 6.20 Å². The van der Waals surface area contributed by atoms with Gasteiger partial charge >= 0.3 is 18.2 Å². The summed E-state index contributed by atoms with van der Waals surface area (Å²) in [6.45, 7) is 1.53. The lowest BCUT2D eigenvalue weighted by Gasteiger charge is -2.11. The van der Waals surface area contributed by atoms with Crippen molar-refractivity contribution in [1.29, 1.82) is 0 Å². The highest BCUT2D eigenvalue weighted by molar-refractivity contribution is 6.16. The van der Waals surface area contributed by atoms with Crippen LogP contribution in [0, 0.1) is 0 Å². The minimum Gasteiger partial charge on any atom is -0.478 e. The van der Waals surface area contributed by atoms with E-state index in [4.69, 9.17) is 9.84 Å². The Labute approximate surface area is 129 Å². The van der Waals surface area contributed by atoms with E-state index in [2.05, 4.69) is 9.97 Å². The Balaban J connectivity index is 2.41. The van der Waals surface area contributed by atoms with Crippen molar-refractivity contribution in [3.8, 4) is 11.8 Å². The zero-order chi connectivity index (χ0) is 17.0. The van der Waals surface area contributed by atoms with Crippen molar-refractivity contribution in [3.63, 3.8) is 0 Å². The molecule has 0 saturated heterocycles. The summed E-state index contributed by atoms with van der Waals surface area (Å²) in [5.74, 6) is -1.14. The van der Waals surface area contributed by atoms with E-state index >= 15 is 0 Å². The Morgan fingerprint density at radius 3 is 2.57 bits per heavy atom. The number of rotatable bonds is 4. The molecule has 2 rings (SSSR count). The van der Waals surface area contributed by atoms with Crippen LogP contribution in [-0.4, -0.2) is 21.0 Å². The molecule has 0 spiro atoms. The third kappa shape index (κ3) is 3.85. The second-order valence-corrected chi connectivity index (χ2v) is 4.33. The highest BCUT2D eigenvalue weighted by atomic mass is 19.4. The van der Waals surface area contributed by atoms with Crippen molar-refractivity contribution >= 4 is 11.5 Å². The van der Waals surface area contributed by atoms with E-state index in [-0.39, 0.29) is 16.9 Å². The number of aromatic nitrogens is 2. The fourth-order valence-corrected chi connectivity index (χ4v) is 1.82. The predicted octanol–water partition coefficient (Wildman–Crippen LogP) is 3.78. The number of aliphatic carboxylic acids is 1. The summed E-state index contributed by atoms with van der Waals surface area (Å²) in [6.07, 6.45) is -2.35. The van der Waals surface area contributed by atoms with E-state index < -0.39 is 23.8 Å². The zero-order valence-electron chi connectivity index (χ0n) is 11.8. The molecule has 0 radical (unpaired) electrons. The first-order valence-corrected chi connectivity index (χ1v) is 6.40. The van der Waals surface area contributed by atoms with E-state index in [1.165, 1.54) is 25.1 Å². The molecule has 0 unspecified atom stereocenters. The maximum atomic E-state index is 12.6. The van der Waals surface area contributed by atoms with Crippen LogP contribution in [0.15, 0.2) is 42.6 Å². The number of para-hydroxylation sites is 1. The first-order valence-electron chi connectivity index (χ1n) is 6.40. The van der Waals surface area contributed by atoms with Crippen LogP contribution in [0.25, 0.3) is 5.57 Å². The van der Waals surface area contributed by atoms with Crippen LogP contribution >= 0.6 is 0 Å². The number of carbonyl (C=O) groups is 1. The molecule has 1 heterocycles. The molecular weight excluding hydrogens is 313 g/mol. The van der Waals surface area contributed by atoms with Gasteiger partial charge in [0.2, 0.25) is 0 Å². The van der Waals surface area contributed by atoms with Gasteiger partial charge in [-0.1, -0.05) is 24.3 Å². The van der Waals surface area contributed by atoms with Gasteiger partial charge in [0.15, 0.2) is 5.69 Å². The topological polar surface area (TPSA) is 72.3 Å². The maximum absolute atomic E-state index is 12.6. The normalized spacial score (nSPS) is 12.1. The van der Waals surface area contributed by atoms with Crippen LogP contribution in [0.3, 0.4) is 0 Å². The minimum absolute atomic E-state index is 0.0438. The highest BCUT2D eigenvalue weighted by Crippen LogP contribution is 2.31. The summed E-state index contributed by atoms with van der Waals surface area (Å²) in [7, 11) is 0. The Hall–Kier alpha value is -2.90. The quantitative estimate of drug-likeness (QED) is 0.867. The number of alkyl halides is 3. The molecule has 8 heteroatoms. The molecule has 0 aliphatic carbocycles. The third-order valence-electron chi connectivity index (χ3n) is 2.82. The second-order valence-electron chi connectivity index (χ2n) is 4.33. The Morgan fingerprint density at radius 2 is 1.96 bits per heavy atom. The number of hydrogen-bond acceptors (Lipinski definition) is 4. The van der Waals surface area contributed by atoms with Crippen molar-refractivity contribution < 1.29 is 27.8 Å². The molecule has 1 aromatic heterocycles. The van der Waals surface area contributed by atoms with Gasteiger partial charge in [-0.05, 0) is 19.1 Å². The number of carboxylic acids is 1. The van der Waals surface area contributed by atoms with E-state index in [0.29, 0.717) is 6.07 Å². The molecule has 120 valence electrons. The summed E-state index contributed by atoms with van der Waals surface area (Å²) in [4.78, 5) is 18.1. The standard InChI is InChI=1S/C15H11F3N2O3/c1-2-9(13(21)22)10-5-3-4-6-11(10)23-14-19-8-7-12(20-14)15(16,17)18/h2-8H,1H3,(H,21,22). The van der Waals surface area contributed by atoms with Gasteiger partial charge in [0, 0.05) is 11.8 Å². The number of benzene rings is 1. The fourth-order valence-electron chi connectivity index (χ4n) is 1.82. The van der Waals surface area contributed by atoms with Gasteiger partial charge in [-0.2, -0.15) is 18.2 Å². The molecule has 5 nitrogen and oxygen atoms in total. The molecule has 0 bridgehead atoms. The van der Waals surface area contributed by atoms with Crippen LogP contribution in [-0.2, 0) is 11.0 Å². The van der Waals surface area contributed by atoms with E-state index in [9.17, 15) is 18.0 Å². The van der Waals surface area contributed by atoms with Gasteiger partial charge in [0.25, 0.3) is 0 Å². The van der Waals surface area contributed by atoms with Crippen LogP contribution < -0.4 is 4.74 Å².